The summed E-state index contributed by atoms with van der Waals surface area (Å²) >= 11 is 0. The number of nitrogens with zero attached hydrogens (tertiary/aromatic N) is 3. The third-order valence-electron chi connectivity index (χ3n) is 8.39. The molecule has 3 aromatic rings. The van der Waals surface area contributed by atoms with Crippen molar-refractivity contribution in [3.8, 4) is 11.5 Å². The van der Waals surface area contributed by atoms with Gasteiger partial charge in [0.25, 0.3) is 11.8 Å². The van der Waals surface area contributed by atoms with Crippen LogP contribution in [0, 0.1) is 17.8 Å². The number of hydrogen-bond acceptors (Lipinski definition) is 6. The van der Waals surface area contributed by atoms with Gasteiger partial charge in [0.05, 0.1) is 31.2 Å². The van der Waals surface area contributed by atoms with Crippen LogP contribution >= 0.6 is 0 Å². The minimum Gasteiger partial charge on any atom is -0.493 e. The van der Waals surface area contributed by atoms with Gasteiger partial charge in [-0.15, -0.1) is 0 Å². The molecule has 11 nitrogen and oxygen atoms in total. The van der Waals surface area contributed by atoms with Crippen LogP contribution < -0.4 is 20.1 Å². The number of aryl methyl sites for hydroxylation is 1. The number of carbonyl (C=O) groups excluding carboxylic acids is 4. The highest BCUT2D eigenvalue weighted by Crippen LogP contribution is 2.38. The monoisotopic (exact) mass is 589 g/mol. The Kier molecular flexibility index (Phi) is 8.61. The average Bonchev–Trinajstić information content (AvgIpc) is 3.59. The molecule has 3 unspecified atom stereocenters. The van der Waals surface area contributed by atoms with E-state index in [9.17, 15) is 19.2 Å². The average molecular weight is 590 g/mol. The van der Waals surface area contributed by atoms with Gasteiger partial charge in [-0.3, -0.25) is 19.2 Å². The minimum absolute atomic E-state index is 0.0526. The maximum atomic E-state index is 13.9. The molecular weight excluding hydrogens is 550 g/mol. The zero-order chi connectivity index (χ0) is 30.8. The third-order valence-corrected chi connectivity index (χ3v) is 8.39. The van der Waals surface area contributed by atoms with Crippen LogP contribution in [-0.4, -0.2) is 91.0 Å². The number of amides is 4. The molecule has 2 N–H and O–H groups in total. The smallest absolute Gasteiger partial charge is 0.256 e. The molecule has 0 saturated carbocycles. The van der Waals surface area contributed by atoms with Crippen LogP contribution in [0.15, 0.2) is 48.7 Å². The van der Waals surface area contributed by atoms with E-state index >= 15 is 0 Å². The van der Waals surface area contributed by atoms with Crippen LogP contribution in [-0.2, 0) is 16.6 Å². The molecule has 0 radical (unpaired) electrons. The van der Waals surface area contributed by atoms with Crippen LogP contribution in [0.2, 0.25) is 0 Å². The molecule has 43 heavy (non-hydrogen) atoms. The van der Waals surface area contributed by atoms with Crippen molar-refractivity contribution in [3.05, 3.63) is 59.8 Å². The Morgan fingerprint density at radius 1 is 0.953 bits per heavy atom. The van der Waals surface area contributed by atoms with Gasteiger partial charge in [0.2, 0.25) is 11.8 Å². The first-order valence-corrected chi connectivity index (χ1v) is 14.6. The molecule has 5 rings (SSSR count). The normalized spacial score (nSPS) is 19.7. The zero-order valence-electron chi connectivity index (χ0n) is 25.3. The van der Waals surface area contributed by atoms with Crippen molar-refractivity contribution >= 4 is 34.5 Å². The van der Waals surface area contributed by atoms with Crippen LogP contribution in [0.5, 0.6) is 11.5 Å². The fourth-order valence-corrected chi connectivity index (χ4v) is 6.29. The van der Waals surface area contributed by atoms with Gasteiger partial charge in [0, 0.05) is 62.9 Å². The standard InChI is InChI=1S/C32H39N5O6/c1-19(2)43-27-11-10-20(12-28(27)42-5)31(40)36-14-21-15-37(18-24(23(21)17-36)30(39)34-13-29(38)33-3)32(41)25-16-35(4)26-9-7-6-8-22(25)26/h6-12,16,19,21,23-24H,13-15,17-18H2,1-5H3,(H,33,38)(H,34,39). The van der Waals surface area contributed by atoms with Crippen molar-refractivity contribution in [1.82, 2.24) is 25.0 Å². The molecule has 11 heteroatoms. The molecule has 2 fully saturated rings. The molecule has 1 aromatic heterocycles. The fraction of sp³-hybridized carbons (Fsp3) is 0.438. The van der Waals surface area contributed by atoms with Gasteiger partial charge in [-0.1, -0.05) is 18.2 Å². The highest BCUT2D eigenvalue weighted by Gasteiger charge is 2.48. The molecule has 0 bridgehead atoms. The lowest BCUT2D eigenvalue weighted by Gasteiger charge is -2.39. The van der Waals surface area contributed by atoms with Crippen LogP contribution in [0.25, 0.3) is 10.9 Å². The van der Waals surface area contributed by atoms with Gasteiger partial charge in [-0.05, 0) is 49.9 Å². The number of para-hydroxylation sites is 1. The van der Waals surface area contributed by atoms with E-state index in [0.29, 0.717) is 42.3 Å². The molecule has 0 spiro atoms. The summed E-state index contributed by atoms with van der Waals surface area (Å²) in [6.45, 7) is 5.05. The Labute approximate surface area is 251 Å². The number of hydrogen-bond donors (Lipinski definition) is 2. The number of methoxy groups -OCH3 is 1. The molecule has 0 aliphatic carbocycles. The quantitative estimate of drug-likeness (QED) is 0.416. The van der Waals surface area contributed by atoms with Gasteiger partial charge in [-0.2, -0.15) is 0 Å². The van der Waals surface area contributed by atoms with E-state index in [1.807, 2.05) is 55.9 Å². The van der Waals surface area contributed by atoms with Crippen molar-refractivity contribution < 1.29 is 28.7 Å². The molecule has 2 aliphatic rings. The number of aromatic nitrogens is 1. The highest BCUT2D eigenvalue weighted by atomic mass is 16.5. The Hall–Kier alpha value is -4.54. The lowest BCUT2D eigenvalue weighted by atomic mass is 9.79. The first kappa shape index (κ1) is 29.9. The van der Waals surface area contributed by atoms with E-state index in [-0.39, 0.29) is 54.7 Å². The third kappa shape index (κ3) is 6.02. The number of likely N-dealkylation sites (tertiary alicyclic amines) is 2. The first-order valence-electron chi connectivity index (χ1n) is 14.6. The number of rotatable bonds is 8. The number of ether oxygens (including phenoxy) is 2. The van der Waals surface area contributed by atoms with E-state index in [2.05, 4.69) is 10.6 Å². The Balaban J connectivity index is 1.40. The molecular formula is C32H39N5O6. The molecule has 4 amide bonds. The number of fused-ring (bicyclic) bond motifs is 2. The Morgan fingerprint density at radius 3 is 2.37 bits per heavy atom. The Morgan fingerprint density at radius 2 is 1.67 bits per heavy atom. The molecule has 228 valence electrons. The number of piperidine rings is 1. The summed E-state index contributed by atoms with van der Waals surface area (Å²) in [7, 11) is 4.94. The summed E-state index contributed by atoms with van der Waals surface area (Å²) in [5.41, 5.74) is 1.97. The number of carbonyl (C=O) groups is 4. The van der Waals surface area contributed by atoms with Crippen molar-refractivity contribution in [2.75, 3.05) is 46.9 Å². The molecule has 3 heterocycles. The fourth-order valence-electron chi connectivity index (χ4n) is 6.29. The highest BCUT2D eigenvalue weighted by molar-refractivity contribution is 6.07. The summed E-state index contributed by atoms with van der Waals surface area (Å²) in [5.74, 6) is -0.805. The van der Waals surface area contributed by atoms with E-state index in [1.54, 1.807) is 28.0 Å². The second kappa shape index (κ2) is 12.4. The van der Waals surface area contributed by atoms with E-state index in [1.165, 1.54) is 14.2 Å². The minimum atomic E-state index is -0.587. The maximum absolute atomic E-state index is 13.9. The number of likely N-dealkylation sites (N-methyl/N-ethyl adjacent to an activating group) is 1. The summed E-state index contributed by atoms with van der Waals surface area (Å²) in [4.78, 5) is 56.4. The van der Waals surface area contributed by atoms with Gasteiger partial charge >= 0.3 is 0 Å². The predicted octanol–water partition coefficient (Wildman–Crippen LogP) is 2.30. The zero-order valence-corrected chi connectivity index (χ0v) is 25.3. The van der Waals surface area contributed by atoms with Crippen molar-refractivity contribution in [2.45, 2.75) is 20.0 Å². The second-order valence-corrected chi connectivity index (χ2v) is 11.5. The number of benzene rings is 2. The molecule has 3 atom stereocenters. The van der Waals surface area contributed by atoms with Crippen LogP contribution in [0.3, 0.4) is 0 Å². The second-order valence-electron chi connectivity index (χ2n) is 11.5. The maximum Gasteiger partial charge on any atom is 0.256 e. The first-order chi connectivity index (χ1) is 20.6. The molecule has 2 saturated heterocycles. The lowest BCUT2D eigenvalue weighted by Crippen LogP contribution is -2.53. The van der Waals surface area contributed by atoms with Gasteiger partial charge < -0.3 is 34.5 Å². The summed E-state index contributed by atoms with van der Waals surface area (Å²) < 4.78 is 13.2. The topological polar surface area (TPSA) is 122 Å². The summed E-state index contributed by atoms with van der Waals surface area (Å²) in [6, 6.07) is 12.8. The molecule has 2 aliphatic heterocycles. The van der Waals surface area contributed by atoms with Gasteiger partial charge in [-0.25, -0.2) is 0 Å². The van der Waals surface area contributed by atoms with E-state index in [0.717, 1.165) is 10.9 Å². The van der Waals surface area contributed by atoms with E-state index < -0.39 is 5.92 Å². The molecule has 2 aromatic carbocycles. The van der Waals surface area contributed by atoms with Crippen LogP contribution in [0.4, 0.5) is 0 Å². The number of nitrogens with one attached hydrogen (secondary N) is 2. The van der Waals surface area contributed by atoms with Crippen molar-refractivity contribution in [2.24, 2.45) is 24.8 Å². The van der Waals surface area contributed by atoms with Crippen molar-refractivity contribution in [1.29, 1.82) is 0 Å². The summed E-state index contributed by atoms with van der Waals surface area (Å²) in [6.07, 6.45) is 1.77. The van der Waals surface area contributed by atoms with Crippen LogP contribution in [0.1, 0.15) is 34.6 Å². The largest absolute Gasteiger partial charge is 0.493 e. The Bertz CT molecular complexity index is 1550. The van der Waals surface area contributed by atoms with Gasteiger partial charge in [0.1, 0.15) is 0 Å². The lowest BCUT2D eigenvalue weighted by molar-refractivity contribution is -0.131. The van der Waals surface area contributed by atoms with Gasteiger partial charge in [0.15, 0.2) is 11.5 Å². The SMILES string of the molecule is CNC(=O)CNC(=O)C1CN(C(=O)c2cn(C)c3ccccc23)CC2CN(C(=O)c3ccc(OC(C)C)c(OC)c3)CC21. The van der Waals surface area contributed by atoms with Crippen molar-refractivity contribution in [3.63, 3.8) is 0 Å². The van der Waals surface area contributed by atoms with E-state index in [4.69, 9.17) is 9.47 Å². The predicted molar refractivity (Wildman–Crippen MR) is 161 cm³/mol. The summed E-state index contributed by atoms with van der Waals surface area (Å²) in [5, 5.41) is 6.09.